The van der Waals surface area contributed by atoms with Gasteiger partial charge in [-0.05, 0) is 50.0 Å². The van der Waals surface area contributed by atoms with Crippen LogP contribution < -0.4 is 15.5 Å². The Hall–Kier alpha value is -2.54. The van der Waals surface area contributed by atoms with Gasteiger partial charge in [-0.25, -0.2) is 0 Å². The quantitative estimate of drug-likeness (QED) is 0.535. The number of anilines is 1. The average Bonchev–Trinajstić information content (AvgIpc) is 3.18. The fraction of sp³-hybridized carbons (Fsp3) is 0.600. The molecule has 1 aliphatic rings. The van der Waals surface area contributed by atoms with Crippen molar-refractivity contribution in [2.24, 2.45) is 12.0 Å². The number of benzene rings is 1. The maximum Gasteiger partial charge on any atom is 0.191 e. The fourth-order valence-corrected chi connectivity index (χ4v) is 4.25. The van der Waals surface area contributed by atoms with Gasteiger partial charge >= 0.3 is 0 Å². The minimum Gasteiger partial charge on any atom is -0.371 e. The zero-order valence-corrected chi connectivity index (χ0v) is 20.9. The normalized spacial score (nSPS) is 17.0. The molecule has 1 aliphatic heterocycles. The van der Waals surface area contributed by atoms with Crippen molar-refractivity contribution < 1.29 is 0 Å². The van der Waals surface area contributed by atoms with Crippen LogP contribution >= 0.6 is 0 Å². The number of nitrogens with one attached hydrogen (secondary N) is 2. The Bertz CT molecular complexity index is 868. The molecule has 1 atom stereocenters. The van der Waals surface area contributed by atoms with E-state index in [9.17, 15) is 0 Å². The van der Waals surface area contributed by atoms with Gasteiger partial charge in [-0.3, -0.25) is 9.67 Å². The van der Waals surface area contributed by atoms with Crippen LogP contribution in [0.5, 0.6) is 0 Å². The molecule has 2 heterocycles. The van der Waals surface area contributed by atoms with Crippen LogP contribution in [0, 0.1) is 0 Å². The molecule has 0 spiro atoms. The van der Waals surface area contributed by atoms with Crippen molar-refractivity contribution in [3.63, 3.8) is 0 Å². The fourth-order valence-electron chi connectivity index (χ4n) is 4.25. The third-order valence-electron chi connectivity index (χ3n) is 6.35. The Labute approximate surface area is 193 Å². The van der Waals surface area contributed by atoms with Crippen LogP contribution in [0.15, 0.2) is 41.7 Å². The molecule has 7 nitrogen and oxygen atoms in total. The summed E-state index contributed by atoms with van der Waals surface area (Å²) in [5.74, 6) is 0.869. The Balaban J connectivity index is 1.50. The second-order valence-corrected chi connectivity index (χ2v) is 10.1. The number of aryl methyl sites for hydroxylation is 1. The van der Waals surface area contributed by atoms with Crippen molar-refractivity contribution >= 4 is 11.6 Å². The summed E-state index contributed by atoms with van der Waals surface area (Å²) in [5.41, 5.74) is 4.10. The molecule has 0 radical (unpaired) electrons. The minimum atomic E-state index is 0.195. The van der Waals surface area contributed by atoms with Gasteiger partial charge in [0.2, 0.25) is 0 Å². The highest BCUT2D eigenvalue weighted by Crippen LogP contribution is 2.26. The van der Waals surface area contributed by atoms with Crippen LogP contribution in [0.3, 0.4) is 0 Å². The number of aromatic nitrogens is 2. The van der Waals surface area contributed by atoms with E-state index in [4.69, 9.17) is 0 Å². The summed E-state index contributed by atoms with van der Waals surface area (Å²) in [7, 11) is 7.99. The molecular formula is C25H41N7. The predicted octanol–water partition coefficient (Wildman–Crippen LogP) is 3.15. The maximum atomic E-state index is 4.46. The standard InChI is InChI=1S/C25H41N7/c1-25(2,3)20-8-10-22(11-9-20)32-14-12-21(13-15-32)29-24(26-4)27-17-23(30(5)6)19-16-28-31(7)18-19/h8-11,16,18,21,23H,12-15,17H2,1-7H3,(H2,26,27,29). The number of guanidine groups is 1. The van der Waals surface area contributed by atoms with Crippen molar-refractivity contribution in [3.05, 3.63) is 47.8 Å². The predicted molar refractivity (Wildman–Crippen MR) is 135 cm³/mol. The van der Waals surface area contributed by atoms with Crippen molar-refractivity contribution in [3.8, 4) is 0 Å². The third-order valence-corrected chi connectivity index (χ3v) is 6.35. The first-order chi connectivity index (χ1) is 15.2. The summed E-state index contributed by atoms with van der Waals surface area (Å²) < 4.78 is 1.85. The zero-order valence-electron chi connectivity index (χ0n) is 20.9. The van der Waals surface area contributed by atoms with E-state index in [1.165, 1.54) is 16.8 Å². The summed E-state index contributed by atoms with van der Waals surface area (Å²) >= 11 is 0. The summed E-state index contributed by atoms with van der Waals surface area (Å²) in [6.45, 7) is 9.67. The number of hydrogen-bond acceptors (Lipinski definition) is 4. The maximum absolute atomic E-state index is 4.46. The highest BCUT2D eigenvalue weighted by Gasteiger charge is 2.22. The van der Waals surface area contributed by atoms with Gasteiger partial charge in [0.1, 0.15) is 0 Å². The molecule has 2 aromatic rings. The highest BCUT2D eigenvalue weighted by atomic mass is 15.3. The van der Waals surface area contributed by atoms with E-state index < -0.39 is 0 Å². The monoisotopic (exact) mass is 439 g/mol. The van der Waals surface area contributed by atoms with Crippen molar-refractivity contribution in [2.45, 2.75) is 51.1 Å². The van der Waals surface area contributed by atoms with Gasteiger partial charge in [-0.1, -0.05) is 32.9 Å². The summed E-state index contributed by atoms with van der Waals surface area (Å²) in [6.07, 6.45) is 6.21. The number of rotatable bonds is 6. The molecule has 176 valence electrons. The van der Waals surface area contributed by atoms with Gasteiger partial charge in [0, 0.05) is 57.2 Å². The van der Waals surface area contributed by atoms with Gasteiger partial charge < -0.3 is 20.4 Å². The Morgan fingerprint density at radius 1 is 1.19 bits per heavy atom. The molecule has 3 rings (SSSR count). The van der Waals surface area contributed by atoms with E-state index in [0.29, 0.717) is 6.04 Å². The first-order valence-corrected chi connectivity index (χ1v) is 11.6. The summed E-state index contributed by atoms with van der Waals surface area (Å²) in [4.78, 5) is 9.16. The van der Waals surface area contributed by atoms with E-state index in [2.05, 4.69) is 95.9 Å². The van der Waals surface area contributed by atoms with Crippen LogP contribution in [-0.2, 0) is 12.5 Å². The SMILES string of the molecule is CN=C(NCC(c1cnn(C)c1)N(C)C)NC1CCN(c2ccc(C(C)(C)C)cc2)CC1. The molecule has 0 bridgehead atoms. The lowest BCUT2D eigenvalue weighted by atomic mass is 9.87. The van der Waals surface area contributed by atoms with Crippen LogP contribution in [0.1, 0.15) is 50.8 Å². The second-order valence-electron chi connectivity index (χ2n) is 10.1. The largest absolute Gasteiger partial charge is 0.371 e. The Kier molecular flexibility index (Phi) is 7.82. The van der Waals surface area contributed by atoms with Gasteiger partial charge in [0.25, 0.3) is 0 Å². The third kappa shape index (κ3) is 6.25. The van der Waals surface area contributed by atoms with Crippen LogP contribution in [0.25, 0.3) is 0 Å². The van der Waals surface area contributed by atoms with Crippen LogP contribution in [-0.4, -0.2) is 67.5 Å². The van der Waals surface area contributed by atoms with Crippen molar-refractivity contribution in [2.75, 3.05) is 45.7 Å². The van der Waals surface area contributed by atoms with E-state index >= 15 is 0 Å². The molecule has 1 unspecified atom stereocenters. The molecule has 0 saturated carbocycles. The Morgan fingerprint density at radius 3 is 2.34 bits per heavy atom. The topological polar surface area (TPSA) is 60.7 Å². The summed E-state index contributed by atoms with van der Waals surface area (Å²) in [6, 6.07) is 9.76. The molecule has 7 heteroatoms. The highest BCUT2D eigenvalue weighted by molar-refractivity contribution is 5.80. The summed E-state index contributed by atoms with van der Waals surface area (Å²) in [5, 5.41) is 11.5. The molecule has 32 heavy (non-hydrogen) atoms. The number of aliphatic imine (C=N–C) groups is 1. The molecule has 1 saturated heterocycles. The van der Waals surface area contributed by atoms with Crippen LogP contribution in [0.2, 0.25) is 0 Å². The molecule has 1 fully saturated rings. The number of nitrogens with zero attached hydrogens (tertiary/aromatic N) is 5. The van der Waals surface area contributed by atoms with Gasteiger partial charge in [-0.2, -0.15) is 5.10 Å². The first-order valence-electron chi connectivity index (χ1n) is 11.6. The smallest absolute Gasteiger partial charge is 0.191 e. The molecule has 0 aliphatic carbocycles. The number of likely N-dealkylation sites (N-methyl/N-ethyl adjacent to an activating group) is 1. The lowest BCUT2D eigenvalue weighted by Crippen LogP contribution is -2.49. The molecule has 0 amide bonds. The lowest BCUT2D eigenvalue weighted by Gasteiger charge is -2.35. The van der Waals surface area contributed by atoms with E-state index in [-0.39, 0.29) is 11.5 Å². The Morgan fingerprint density at radius 2 is 1.84 bits per heavy atom. The average molecular weight is 440 g/mol. The zero-order chi connectivity index (χ0) is 23.3. The van der Waals surface area contributed by atoms with Gasteiger partial charge in [0.05, 0.1) is 12.2 Å². The van der Waals surface area contributed by atoms with E-state index in [1.807, 2.05) is 25.0 Å². The second kappa shape index (κ2) is 10.4. The minimum absolute atomic E-state index is 0.195. The number of piperidine rings is 1. The van der Waals surface area contributed by atoms with Gasteiger partial charge in [-0.15, -0.1) is 0 Å². The molecule has 2 N–H and O–H groups in total. The molecule has 1 aromatic carbocycles. The van der Waals surface area contributed by atoms with Crippen LogP contribution in [0.4, 0.5) is 5.69 Å². The van der Waals surface area contributed by atoms with Gasteiger partial charge in [0.15, 0.2) is 5.96 Å². The van der Waals surface area contributed by atoms with Crippen molar-refractivity contribution in [1.82, 2.24) is 25.3 Å². The van der Waals surface area contributed by atoms with E-state index in [1.54, 1.807) is 0 Å². The first kappa shape index (κ1) is 24.1. The number of hydrogen-bond donors (Lipinski definition) is 2. The van der Waals surface area contributed by atoms with Crippen molar-refractivity contribution in [1.29, 1.82) is 0 Å². The van der Waals surface area contributed by atoms with E-state index in [0.717, 1.165) is 38.4 Å². The molecule has 1 aromatic heterocycles. The lowest BCUT2D eigenvalue weighted by molar-refractivity contribution is 0.297. The molecular weight excluding hydrogens is 398 g/mol.